The Labute approximate surface area is 240 Å². The smallest absolute Gasteiger partial charge is 0.343 e. The Morgan fingerprint density at radius 3 is 1.71 bits per heavy atom. The Morgan fingerprint density at radius 2 is 1.36 bits per heavy atom. The number of ether oxygens (including phenoxy) is 2. The molecule has 42 heavy (non-hydrogen) atoms. The molecule has 3 aromatic rings. The fourth-order valence-corrected chi connectivity index (χ4v) is 5.87. The van der Waals surface area contributed by atoms with E-state index in [0.29, 0.717) is 25.9 Å². The molecular weight excluding hydrogens is 548 g/mol. The van der Waals surface area contributed by atoms with Gasteiger partial charge in [-0.3, -0.25) is 9.59 Å². The Morgan fingerprint density at radius 1 is 0.881 bits per heavy atom. The summed E-state index contributed by atoms with van der Waals surface area (Å²) in [7, 11) is 0. The van der Waals surface area contributed by atoms with Gasteiger partial charge in [0.2, 0.25) is 0 Å². The standard InChI is InChI=1S/C29H34N4O9/c1-3-40-28(38)20-22(14-8-5-11-30-14)32-26(36)18(24(20)34)17(16-10-7-13-42-16)19-25(35)21(29(39)41-4-2)23(33-27(19)37)15-9-6-12-31-15/h7,10,13-15,17,30-31H,3-6,8-9,11-12H2,1-2H3,(H2,32,34,36)(H2,33,35,37). The first-order chi connectivity index (χ1) is 20.3. The van der Waals surface area contributed by atoms with Crippen molar-refractivity contribution >= 4 is 11.9 Å². The molecule has 0 amide bonds. The Kier molecular flexibility index (Phi) is 8.50. The zero-order valence-corrected chi connectivity index (χ0v) is 23.4. The highest BCUT2D eigenvalue weighted by Gasteiger charge is 2.39. The maximum Gasteiger partial charge on any atom is 0.343 e. The minimum Gasteiger partial charge on any atom is -0.506 e. The molecule has 6 N–H and O–H groups in total. The highest BCUT2D eigenvalue weighted by Crippen LogP contribution is 2.42. The van der Waals surface area contributed by atoms with Crippen LogP contribution < -0.4 is 21.8 Å². The summed E-state index contributed by atoms with van der Waals surface area (Å²) in [4.78, 5) is 59.2. The maximum absolute atomic E-state index is 13.7. The van der Waals surface area contributed by atoms with Gasteiger partial charge in [-0.15, -0.1) is 0 Å². The normalized spacial score (nSPS) is 19.1. The van der Waals surface area contributed by atoms with Gasteiger partial charge in [0.1, 0.15) is 28.4 Å². The van der Waals surface area contributed by atoms with E-state index in [0.717, 1.165) is 12.8 Å². The van der Waals surface area contributed by atoms with E-state index in [4.69, 9.17) is 13.9 Å². The SMILES string of the molecule is CCOC(=O)c1c(C2CCCN2)[nH]c(=O)c(C(c2ccco2)c2c(O)c(C(=O)OCC)c(C3CCCN3)[nH]c2=O)c1O. The monoisotopic (exact) mass is 582 g/mol. The van der Waals surface area contributed by atoms with Gasteiger partial charge in [-0.2, -0.15) is 0 Å². The molecule has 0 spiro atoms. The Bertz CT molecular complexity index is 1480. The number of carbonyl (C=O) groups excluding carboxylic acids is 2. The molecular formula is C29H34N4O9. The first-order valence-electron chi connectivity index (χ1n) is 14.1. The summed E-state index contributed by atoms with van der Waals surface area (Å²) in [6.45, 7) is 4.52. The van der Waals surface area contributed by atoms with Crippen LogP contribution in [0.1, 0.15) is 107 Å². The predicted molar refractivity (Wildman–Crippen MR) is 149 cm³/mol. The summed E-state index contributed by atoms with van der Waals surface area (Å²) in [5.41, 5.74) is -2.72. The van der Waals surface area contributed by atoms with Crippen LogP contribution in [0.5, 0.6) is 11.5 Å². The van der Waals surface area contributed by atoms with Crippen molar-refractivity contribution in [2.45, 2.75) is 57.5 Å². The molecule has 224 valence electrons. The first kappa shape index (κ1) is 29.1. The number of nitrogens with one attached hydrogen (secondary N) is 4. The maximum atomic E-state index is 13.7. The van der Waals surface area contributed by atoms with Gasteiger partial charge in [-0.1, -0.05) is 0 Å². The van der Waals surface area contributed by atoms with Crippen molar-refractivity contribution in [1.82, 2.24) is 20.6 Å². The second-order valence-corrected chi connectivity index (χ2v) is 10.2. The van der Waals surface area contributed by atoms with E-state index in [1.54, 1.807) is 13.8 Å². The summed E-state index contributed by atoms with van der Waals surface area (Å²) in [6, 6.07) is 2.11. The quantitative estimate of drug-likeness (QED) is 0.203. The van der Waals surface area contributed by atoms with Gasteiger partial charge in [0.05, 0.1) is 47.9 Å². The van der Waals surface area contributed by atoms with Gasteiger partial charge in [0, 0.05) is 12.1 Å². The number of carbonyl (C=O) groups is 2. The molecule has 0 aromatic carbocycles. The highest BCUT2D eigenvalue weighted by molar-refractivity contribution is 5.95. The van der Waals surface area contributed by atoms with E-state index in [2.05, 4.69) is 20.6 Å². The van der Waals surface area contributed by atoms with E-state index in [1.807, 2.05) is 0 Å². The minimum absolute atomic E-state index is 0.000277. The van der Waals surface area contributed by atoms with Crippen LogP contribution in [0, 0.1) is 0 Å². The molecule has 5 rings (SSSR count). The third-order valence-electron chi connectivity index (χ3n) is 7.69. The molecule has 0 radical (unpaired) electrons. The van der Waals surface area contributed by atoms with Gasteiger partial charge < -0.3 is 44.7 Å². The summed E-state index contributed by atoms with van der Waals surface area (Å²) in [6.07, 6.45) is 4.07. The number of pyridine rings is 2. The molecule has 13 heteroatoms. The number of rotatable bonds is 9. The van der Waals surface area contributed by atoms with Crippen LogP contribution in [0.4, 0.5) is 0 Å². The second-order valence-electron chi connectivity index (χ2n) is 10.2. The van der Waals surface area contributed by atoms with Gasteiger partial charge in [0.25, 0.3) is 11.1 Å². The van der Waals surface area contributed by atoms with E-state index in [-0.39, 0.29) is 41.5 Å². The predicted octanol–water partition coefficient (Wildman–Crippen LogP) is 2.45. The zero-order valence-electron chi connectivity index (χ0n) is 23.4. The van der Waals surface area contributed by atoms with Crippen molar-refractivity contribution in [3.8, 4) is 11.5 Å². The van der Waals surface area contributed by atoms with E-state index in [9.17, 15) is 29.4 Å². The summed E-state index contributed by atoms with van der Waals surface area (Å²) >= 11 is 0. The number of hydrogen-bond acceptors (Lipinski definition) is 11. The third-order valence-corrected chi connectivity index (χ3v) is 7.69. The van der Waals surface area contributed by atoms with Crippen LogP contribution in [0.15, 0.2) is 32.4 Å². The van der Waals surface area contributed by atoms with Crippen LogP contribution in [-0.2, 0) is 9.47 Å². The number of aromatic amines is 2. The Hall–Kier alpha value is -4.36. The van der Waals surface area contributed by atoms with Crippen molar-refractivity contribution in [2.75, 3.05) is 26.3 Å². The molecule has 13 nitrogen and oxygen atoms in total. The van der Waals surface area contributed by atoms with Crippen molar-refractivity contribution in [2.24, 2.45) is 0 Å². The summed E-state index contributed by atoms with van der Waals surface area (Å²) < 4.78 is 16.0. The van der Waals surface area contributed by atoms with Crippen LogP contribution in [0.2, 0.25) is 0 Å². The van der Waals surface area contributed by atoms with Crippen molar-refractivity contribution in [3.63, 3.8) is 0 Å². The number of aromatic hydroxyl groups is 2. The highest BCUT2D eigenvalue weighted by atomic mass is 16.5. The minimum atomic E-state index is -1.52. The van der Waals surface area contributed by atoms with Gasteiger partial charge >= 0.3 is 11.9 Å². The molecule has 2 fully saturated rings. The fourth-order valence-electron chi connectivity index (χ4n) is 5.87. The van der Waals surface area contributed by atoms with E-state index in [1.165, 1.54) is 18.4 Å². The van der Waals surface area contributed by atoms with Crippen LogP contribution in [0.25, 0.3) is 0 Å². The molecule has 0 saturated carbocycles. The van der Waals surface area contributed by atoms with E-state index < -0.39 is 63.7 Å². The molecule has 5 heterocycles. The number of aromatic nitrogens is 2. The molecule has 0 bridgehead atoms. The van der Waals surface area contributed by atoms with E-state index >= 15 is 0 Å². The summed E-state index contributed by atoms with van der Waals surface area (Å²) in [5.74, 6) is -4.71. The van der Waals surface area contributed by atoms with Gasteiger partial charge in [-0.25, -0.2) is 9.59 Å². The lowest BCUT2D eigenvalue weighted by Crippen LogP contribution is -2.31. The van der Waals surface area contributed by atoms with Crippen LogP contribution in [-0.4, -0.2) is 58.4 Å². The second kappa shape index (κ2) is 12.2. The number of H-pyrrole nitrogens is 2. The molecule has 2 atom stereocenters. The third kappa shape index (κ3) is 5.21. The molecule has 0 aliphatic carbocycles. The van der Waals surface area contributed by atoms with Crippen LogP contribution >= 0.6 is 0 Å². The van der Waals surface area contributed by atoms with Gasteiger partial charge in [-0.05, 0) is 64.8 Å². The van der Waals surface area contributed by atoms with Gasteiger partial charge in [0.15, 0.2) is 0 Å². The first-order valence-corrected chi connectivity index (χ1v) is 14.1. The van der Waals surface area contributed by atoms with Crippen LogP contribution in [0.3, 0.4) is 0 Å². The molecule has 2 saturated heterocycles. The lowest BCUT2D eigenvalue weighted by molar-refractivity contribution is 0.0510. The van der Waals surface area contributed by atoms with Crippen molar-refractivity contribution in [3.05, 3.63) is 78.5 Å². The molecule has 2 aliphatic rings. The fraction of sp³-hybridized carbons (Fsp3) is 0.448. The number of hydrogen-bond donors (Lipinski definition) is 6. The molecule has 3 aromatic heterocycles. The lowest BCUT2D eigenvalue weighted by atomic mass is 9.86. The molecule has 2 unspecified atom stereocenters. The van der Waals surface area contributed by atoms with Crippen molar-refractivity contribution < 1.29 is 33.7 Å². The Balaban J connectivity index is 1.80. The van der Waals surface area contributed by atoms with Crippen molar-refractivity contribution in [1.29, 1.82) is 0 Å². The summed E-state index contributed by atoms with van der Waals surface area (Å²) in [5, 5.41) is 29.6. The zero-order chi connectivity index (χ0) is 30.0. The average Bonchev–Trinajstić information content (AvgIpc) is 3.75. The number of esters is 2. The number of furan rings is 1. The largest absolute Gasteiger partial charge is 0.506 e. The topological polar surface area (TPSA) is 196 Å². The lowest BCUT2D eigenvalue weighted by Gasteiger charge is -2.23. The molecule has 2 aliphatic heterocycles. The average molecular weight is 583 g/mol.